The highest BCUT2D eigenvalue weighted by molar-refractivity contribution is 6.32. The first-order valence-corrected chi connectivity index (χ1v) is 6.71. The number of allylic oxidation sites excluding steroid dienone is 1. The molecule has 1 aromatic rings. The van der Waals surface area contributed by atoms with Crippen molar-refractivity contribution in [2.75, 3.05) is 14.1 Å². The Hall–Kier alpha value is -2.05. The van der Waals surface area contributed by atoms with Gasteiger partial charge < -0.3 is 0 Å². The van der Waals surface area contributed by atoms with Crippen molar-refractivity contribution in [2.45, 2.75) is 12.1 Å². The van der Waals surface area contributed by atoms with Crippen LogP contribution in [0.4, 0.5) is 5.69 Å². The van der Waals surface area contributed by atoms with E-state index in [2.05, 4.69) is 10.2 Å². The molecule has 0 heterocycles. The van der Waals surface area contributed by atoms with E-state index >= 15 is 0 Å². The van der Waals surface area contributed by atoms with Gasteiger partial charge in [-0.25, -0.2) is 4.90 Å². The highest BCUT2D eigenvalue weighted by Gasteiger charge is 2.43. The molecule has 0 aliphatic heterocycles. The zero-order valence-electron chi connectivity index (χ0n) is 11.7. The first-order chi connectivity index (χ1) is 9.95. The quantitative estimate of drug-likeness (QED) is 0.367. The molecule has 110 valence electrons. The number of rotatable bonds is 4. The van der Waals surface area contributed by atoms with E-state index in [0.717, 1.165) is 0 Å². The van der Waals surface area contributed by atoms with E-state index in [4.69, 9.17) is 11.6 Å². The molecule has 1 aliphatic rings. The van der Waals surface area contributed by atoms with E-state index in [1.165, 1.54) is 6.08 Å². The molecule has 21 heavy (non-hydrogen) atoms. The van der Waals surface area contributed by atoms with Crippen LogP contribution in [0.1, 0.15) is 6.42 Å². The molecule has 1 unspecified atom stereocenters. The van der Waals surface area contributed by atoms with E-state index in [1.54, 1.807) is 43.3 Å². The third-order valence-electron chi connectivity index (χ3n) is 3.35. The molecule has 1 aliphatic carbocycles. The zero-order valence-corrected chi connectivity index (χ0v) is 12.5. The molecule has 1 atom stereocenters. The molecular formula is C14H15ClN4O2. The molecule has 0 spiro atoms. The predicted octanol–water partition coefficient (Wildman–Crippen LogP) is 3.80. The second-order valence-corrected chi connectivity index (χ2v) is 5.26. The van der Waals surface area contributed by atoms with Crippen LogP contribution < -0.4 is 0 Å². The van der Waals surface area contributed by atoms with Gasteiger partial charge in [0.2, 0.25) is 0 Å². The van der Waals surface area contributed by atoms with Crippen LogP contribution >= 0.6 is 11.6 Å². The minimum absolute atomic E-state index is 0.236. The number of nitro groups is 1. The summed E-state index contributed by atoms with van der Waals surface area (Å²) in [5, 5.41) is 19.9. The Morgan fingerprint density at radius 3 is 2.57 bits per heavy atom. The van der Waals surface area contributed by atoms with Crippen LogP contribution in [-0.4, -0.2) is 29.6 Å². The first kappa shape index (κ1) is 15.3. The Morgan fingerprint density at radius 2 is 2.05 bits per heavy atom. The second kappa shape index (κ2) is 6.15. The Bertz CT molecular complexity index is 640. The molecule has 6 nitrogen and oxygen atoms in total. The van der Waals surface area contributed by atoms with E-state index in [0.29, 0.717) is 16.4 Å². The van der Waals surface area contributed by atoms with Crippen molar-refractivity contribution in [2.24, 2.45) is 10.2 Å². The van der Waals surface area contributed by atoms with E-state index < -0.39 is 5.66 Å². The van der Waals surface area contributed by atoms with Crippen molar-refractivity contribution in [1.29, 1.82) is 0 Å². The molecule has 0 saturated carbocycles. The molecule has 0 fully saturated rings. The SMILES string of the molecule is CN(C)C1([N+](=O)[O-])C=CC(N=Nc2ccccc2Cl)=CC1. The summed E-state index contributed by atoms with van der Waals surface area (Å²) in [4.78, 5) is 12.5. The third-order valence-corrected chi connectivity index (χ3v) is 3.67. The summed E-state index contributed by atoms with van der Waals surface area (Å²) in [6.45, 7) is 0. The predicted molar refractivity (Wildman–Crippen MR) is 81.2 cm³/mol. The van der Waals surface area contributed by atoms with Gasteiger partial charge in [0.1, 0.15) is 5.69 Å². The van der Waals surface area contributed by atoms with Crippen LogP contribution in [0.15, 0.2) is 58.4 Å². The summed E-state index contributed by atoms with van der Waals surface area (Å²) in [5.74, 6) is 0. The maximum atomic E-state index is 11.3. The standard InChI is InChI=1S/C14H15ClN4O2/c1-18(2)14(19(20)21)9-7-11(8-10-14)16-17-13-6-4-3-5-12(13)15/h3-9H,10H2,1-2H3. The summed E-state index contributed by atoms with van der Waals surface area (Å²) in [6, 6.07) is 7.10. The van der Waals surface area contributed by atoms with E-state index in [-0.39, 0.29) is 11.3 Å². The highest BCUT2D eigenvalue weighted by atomic mass is 35.5. The lowest BCUT2D eigenvalue weighted by Gasteiger charge is -2.29. The van der Waals surface area contributed by atoms with Crippen molar-refractivity contribution >= 4 is 17.3 Å². The minimum Gasteiger partial charge on any atom is -0.262 e. The Morgan fingerprint density at radius 1 is 1.33 bits per heavy atom. The maximum absolute atomic E-state index is 11.3. The van der Waals surface area contributed by atoms with Gasteiger partial charge in [-0.1, -0.05) is 23.7 Å². The average Bonchev–Trinajstić information content (AvgIpc) is 2.46. The molecule has 0 saturated heterocycles. The molecule has 7 heteroatoms. The molecule has 0 amide bonds. The molecule has 0 N–H and O–H groups in total. The van der Waals surface area contributed by atoms with Crippen molar-refractivity contribution in [3.05, 3.63) is 63.3 Å². The summed E-state index contributed by atoms with van der Waals surface area (Å²) in [7, 11) is 3.36. The Balaban J connectivity index is 2.16. The topological polar surface area (TPSA) is 71.1 Å². The van der Waals surface area contributed by atoms with Crippen molar-refractivity contribution in [3.8, 4) is 0 Å². The molecule has 1 aromatic carbocycles. The van der Waals surface area contributed by atoms with Gasteiger partial charge in [-0.3, -0.25) is 10.1 Å². The van der Waals surface area contributed by atoms with Crippen LogP contribution in [0, 0.1) is 10.1 Å². The van der Waals surface area contributed by atoms with Crippen LogP contribution in [-0.2, 0) is 0 Å². The van der Waals surface area contributed by atoms with E-state index in [9.17, 15) is 10.1 Å². The smallest absolute Gasteiger partial charge is 0.262 e. The van der Waals surface area contributed by atoms with Gasteiger partial charge in [0, 0.05) is 11.0 Å². The number of hydrogen-bond acceptors (Lipinski definition) is 5. The number of nitrogens with zero attached hydrogens (tertiary/aromatic N) is 4. The van der Waals surface area contributed by atoms with Gasteiger partial charge in [0.05, 0.1) is 17.1 Å². The van der Waals surface area contributed by atoms with E-state index in [1.807, 2.05) is 12.1 Å². The monoisotopic (exact) mass is 306 g/mol. The number of hydrogen-bond donors (Lipinski definition) is 0. The Kier molecular flexibility index (Phi) is 4.50. The molecule has 0 aromatic heterocycles. The van der Waals surface area contributed by atoms with Gasteiger partial charge in [0.15, 0.2) is 0 Å². The minimum atomic E-state index is -1.22. The zero-order chi connectivity index (χ0) is 15.5. The maximum Gasteiger partial charge on any atom is 0.299 e. The second-order valence-electron chi connectivity index (χ2n) is 4.85. The molecule has 0 radical (unpaired) electrons. The average molecular weight is 307 g/mol. The third kappa shape index (κ3) is 3.17. The van der Waals surface area contributed by atoms with Crippen molar-refractivity contribution < 1.29 is 4.92 Å². The van der Waals surface area contributed by atoms with Gasteiger partial charge in [-0.05, 0) is 38.4 Å². The van der Waals surface area contributed by atoms with Crippen LogP contribution in [0.5, 0.6) is 0 Å². The van der Waals surface area contributed by atoms with Gasteiger partial charge in [-0.2, -0.15) is 5.11 Å². The van der Waals surface area contributed by atoms with Crippen LogP contribution in [0.25, 0.3) is 0 Å². The summed E-state index contributed by atoms with van der Waals surface area (Å²) >= 11 is 5.98. The number of azo groups is 1. The normalized spacial score (nSPS) is 21.8. The number of benzene rings is 1. The fourth-order valence-electron chi connectivity index (χ4n) is 1.96. The van der Waals surface area contributed by atoms with Crippen LogP contribution in [0.2, 0.25) is 5.02 Å². The van der Waals surface area contributed by atoms with Crippen molar-refractivity contribution in [3.63, 3.8) is 0 Å². The highest BCUT2D eigenvalue weighted by Crippen LogP contribution is 2.29. The summed E-state index contributed by atoms with van der Waals surface area (Å²) in [6.07, 6.45) is 5.07. The van der Waals surface area contributed by atoms with Gasteiger partial charge in [0.25, 0.3) is 5.66 Å². The molecule has 0 bridgehead atoms. The largest absolute Gasteiger partial charge is 0.299 e. The summed E-state index contributed by atoms with van der Waals surface area (Å²) in [5.41, 5.74) is -0.0786. The fourth-order valence-corrected chi connectivity index (χ4v) is 2.13. The number of halogens is 1. The first-order valence-electron chi connectivity index (χ1n) is 6.33. The Labute approximate surface area is 127 Å². The summed E-state index contributed by atoms with van der Waals surface area (Å²) < 4.78 is 0. The lowest BCUT2D eigenvalue weighted by Crippen LogP contribution is -2.49. The lowest BCUT2D eigenvalue weighted by molar-refractivity contribution is -0.582. The molecular weight excluding hydrogens is 292 g/mol. The van der Waals surface area contributed by atoms with Crippen LogP contribution in [0.3, 0.4) is 0 Å². The van der Waals surface area contributed by atoms with Gasteiger partial charge >= 0.3 is 0 Å². The fraction of sp³-hybridized carbons (Fsp3) is 0.286. The van der Waals surface area contributed by atoms with Crippen molar-refractivity contribution in [1.82, 2.24) is 4.90 Å². The molecule has 2 rings (SSSR count). The lowest BCUT2D eigenvalue weighted by atomic mass is 9.99. The number of likely N-dealkylation sites (N-methyl/N-ethyl adjacent to an activating group) is 1. The van der Waals surface area contributed by atoms with Gasteiger partial charge in [-0.15, -0.1) is 5.11 Å².